The van der Waals surface area contributed by atoms with Crippen LogP contribution in [0.2, 0.25) is 0 Å². The van der Waals surface area contributed by atoms with Gasteiger partial charge in [0.2, 0.25) is 0 Å². The molecule has 1 rings (SSSR count). The van der Waals surface area contributed by atoms with Gasteiger partial charge in [-0.15, -0.1) is 0 Å². The fourth-order valence-corrected chi connectivity index (χ4v) is 2.07. The monoisotopic (exact) mass is 252 g/mol. The Bertz CT molecular complexity index is 372. The van der Waals surface area contributed by atoms with Crippen molar-refractivity contribution >= 4 is 5.97 Å². The summed E-state index contributed by atoms with van der Waals surface area (Å²) in [6, 6.07) is 0. The van der Waals surface area contributed by atoms with Crippen molar-refractivity contribution in [3.63, 3.8) is 0 Å². The van der Waals surface area contributed by atoms with Crippen molar-refractivity contribution < 1.29 is 14.5 Å². The van der Waals surface area contributed by atoms with E-state index in [1.165, 1.54) is 12.2 Å². The van der Waals surface area contributed by atoms with Crippen molar-refractivity contribution in [1.29, 1.82) is 0 Å². The molecule has 0 saturated carbocycles. The number of aromatic nitrogens is 2. The number of aryl methyl sites for hydroxylation is 2. The average molecular weight is 252 g/mol. The third-order valence-corrected chi connectivity index (χ3v) is 3.15. The SMILES string of the molecule is CCCCc1n(CCC(=O)[O-])cc[n+]1CCCC. The van der Waals surface area contributed by atoms with Gasteiger partial charge >= 0.3 is 0 Å². The second-order valence-corrected chi connectivity index (χ2v) is 4.68. The fourth-order valence-electron chi connectivity index (χ4n) is 2.07. The van der Waals surface area contributed by atoms with Gasteiger partial charge in [0, 0.05) is 18.8 Å². The summed E-state index contributed by atoms with van der Waals surface area (Å²) in [6.07, 6.45) is 9.78. The minimum atomic E-state index is -0.981. The maximum Gasteiger partial charge on any atom is 0.256 e. The first-order chi connectivity index (χ1) is 8.69. The molecule has 4 heteroatoms. The number of carboxylic acid groups (broad SMARTS) is 1. The highest BCUT2D eigenvalue weighted by molar-refractivity contribution is 5.64. The topological polar surface area (TPSA) is 48.9 Å². The number of imidazole rings is 1. The maximum atomic E-state index is 10.5. The normalized spacial score (nSPS) is 10.8. The number of carbonyl (C=O) groups excluding carboxylic acids is 1. The Morgan fingerprint density at radius 1 is 1.33 bits per heavy atom. The summed E-state index contributed by atoms with van der Waals surface area (Å²) in [5.41, 5.74) is 0. The van der Waals surface area contributed by atoms with Crippen molar-refractivity contribution in [1.82, 2.24) is 4.57 Å². The first-order valence-electron chi connectivity index (χ1n) is 6.96. The summed E-state index contributed by atoms with van der Waals surface area (Å²) in [5, 5.41) is 10.5. The molecular weight excluding hydrogens is 228 g/mol. The number of nitrogens with zero attached hydrogens (tertiary/aromatic N) is 2. The van der Waals surface area contributed by atoms with Gasteiger partial charge in [-0.3, -0.25) is 0 Å². The van der Waals surface area contributed by atoms with Gasteiger partial charge in [0.25, 0.3) is 5.82 Å². The zero-order valence-corrected chi connectivity index (χ0v) is 11.5. The van der Waals surface area contributed by atoms with E-state index in [-0.39, 0.29) is 6.42 Å². The van der Waals surface area contributed by atoms with Crippen LogP contribution < -0.4 is 9.67 Å². The van der Waals surface area contributed by atoms with E-state index in [2.05, 4.69) is 29.2 Å². The summed E-state index contributed by atoms with van der Waals surface area (Å²) in [5.74, 6) is 0.261. The lowest BCUT2D eigenvalue weighted by Gasteiger charge is -2.05. The van der Waals surface area contributed by atoms with E-state index in [1.54, 1.807) is 0 Å². The van der Waals surface area contributed by atoms with Gasteiger partial charge in [0.15, 0.2) is 0 Å². The van der Waals surface area contributed by atoms with Crippen LogP contribution in [0.1, 0.15) is 51.8 Å². The quantitative estimate of drug-likeness (QED) is 0.617. The van der Waals surface area contributed by atoms with Crippen LogP contribution in [-0.4, -0.2) is 10.5 Å². The van der Waals surface area contributed by atoms with Gasteiger partial charge < -0.3 is 9.90 Å². The average Bonchev–Trinajstić information content (AvgIpc) is 2.73. The van der Waals surface area contributed by atoms with Crippen LogP contribution in [0, 0.1) is 0 Å². The number of carbonyl (C=O) groups is 1. The zero-order chi connectivity index (χ0) is 13.4. The largest absolute Gasteiger partial charge is 0.550 e. The molecule has 0 amide bonds. The summed E-state index contributed by atoms with van der Waals surface area (Å²) >= 11 is 0. The Balaban J connectivity index is 2.74. The molecule has 0 aliphatic carbocycles. The standard InChI is InChI=1S/C14H24N2O2/c1-3-5-7-13-15(9-6-4-2)11-12-16(13)10-8-14(17)18/h11-12H,3-10H2,1-2H3. The molecule has 0 spiro atoms. The van der Waals surface area contributed by atoms with Crippen LogP contribution in [0.4, 0.5) is 0 Å². The molecule has 1 aromatic rings. The molecule has 0 N–H and O–H groups in total. The molecule has 1 aromatic heterocycles. The zero-order valence-electron chi connectivity index (χ0n) is 11.5. The molecule has 18 heavy (non-hydrogen) atoms. The molecule has 102 valence electrons. The third kappa shape index (κ3) is 4.51. The number of rotatable bonds is 9. The lowest BCUT2D eigenvalue weighted by Crippen LogP contribution is -2.37. The van der Waals surface area contributed by atoms with Gasteiger partial charge in [-0.05, 0) is 12.8 Å². The van der Waals surface area contributed by atoms with Crippen LogP contribution in [0.3, 0.4) is 0 Å². The molecule has 0 aliphatic rings. The second kappa shape index (κ2) is 7.90. The molecule has 0 radical (unpaired) electrons. The highest BCUT2D eigenvalue weighted by Crippen LogP contribution is 2.04. The van der Waals surface area contributed by atoms with Crippen molar-refractivity contribution in [2.75, 3.05) is 0 Å². The molecule has 0 bridgehead atoms. The summed E-state index contributed by atoms with van der Waals surface area (Å²) in [6.45, 7) is 5.89. The first kappa shape index (κ1) is 14.7. The highest BCUT2D eigenvalue weighted by Gasteiger charge is 2.15. The molecule has 1 heterocycles. The van der Waals surface area contributed by atoms with Crippen molar-refractivity contribution in [2.24, 2.45) is 0 Å². The summed E-state index contributed by atoms with van der Waals surface area (Å²) in [4.78, 5) is 10.5. The predicted molar refractivity (Wildman–Crippen MR) is 67.8 cm³/mol. The number of hydrogen-bond donors (Lipinski definition) is 0. The van der Waals surface area contributed by atoms with E-state index in [0.29, 0.717) is 6.54 Å². The molecule has 0 fully saturated rings. The Hall–Kier alpha value is -1.32. The van der Waals surface area contributed by atoms with Crippen molar-refractivity contribution in [2.45, 2.75) is 65.5 Å². The third-order valence-electron chi connectivity index (χ3n) is 3.15. The van der Waals surface area contributed by atoms with E-state index >= 15 is 0 Å². The number of carboxylic acids is 1. The van der Waals surface area contributed by atoms with Crippen LogP contribution in [-0.2, 0) is 24.3 Å². The Morgan fingerprint density at radius 3 is 2.67 bits per heavy atom. The molecule has 0 atom stereocenters. The van der Waals surface area contributed by atoms with Crippen LogP contribution in [0.25, 0.3) is 0 Å². The van der Waals surface area contributed by atoms with Gasteiger partial charge in [-0.25, -0.2) is 9.13 Å². The van der Waals surface area contributed by atoms with E-state index in [1.807, 2.05) is 6.20 Å². The molecule has 0 saturated heterocycles. The minimum Gasteiger partial charge on any atom is -0.550 e. The lowest BCUT2D eigenvalue weighted by atomic mass is 10.2. The highest BCUT2D eigenvalue weighted by atomic mass is 16.4. The van der Waals surface area contributed by atoms with Gasteiger partial charge in [-0.1, -0.05) is 26.7 Å². The summed E-state index contributed by atoms with van der Waals surface area (Å²) in [7, 11) is 0. The van der Waals surface area contributed by atoms with E-state index in [4.69, 9.17) is 0 Å². The van der Waals surface area contributed by atoms with E-state index < -0.39 is 5.97 Å². The first-order valence-corrected chi connectivity index (χ1v) is 6.96. The predicted octanol–water partition coefficient (Wildman–Crippen LogP) is 1.06. The molecular formula is C14H24N2O2. The van der Waals surface area contributed by atoms with Crippen LogP contribution in [0.15, 0.2) is 12.4 Å². The molecule has 0 aromatic carbocycles. The Kier molecular flexibility index (Phi) is 6.47. The van der Waals surface area contributed by atoms with E-state index in [9.17, 15) is 9.90 Å². The maximum absolute atomic E-state index is 10.5. The van der Waals surface area contributed by atoms with Crippen molar-refractivity contribution in [3.05, 3.63) is 18.2 Å². The van der Waals surface area contributed by atoms with Gasteiger partial charge in [0.1, 0.15) is 12.4 Å². The Morgan fingerprint density at radius 2 is 2.06 bits per heavy atom. The molecule has 0 aliphatic heterocycles. The fraction of sp³-hybridized carbons (Fsp3) is 0.714. The number of aliphatic carboxylic acids is 1. The minimum absolute atomic E-state index is 0.0849. The van der Waals surface area contributed by atoms with Gasteiger partial charge in [0.05, 0.1) is 13.1 Å². The lowest BCUT2D eigenvalue weighted by molar-refractivity contribution is -0.704. The van der Waals surface area contributed by atoms with Crippen molar-refractivity contribution in [3.8, 4) is 0 Å². The molecule has 4 nitrogen and oxygen atoms in total. The van der Waals surface area contributed by atoms with Crippen LogP contribution >= 0.6 is 0 Å². The van der Waals surface area contributed by atoms with Crippen LogP contribution in [0.5, 0.6) is 0 Å². The van der Waals surface area contributed by atoms with E-state index in [0.717, 1.165) is 32.2 Å². The second-order valence-electron chi connectivity index (χ2n) is 4.68. The van der Waals surface area contributed by atoms with Gasteiger partial charge in [-0.2, -0.15) is 0 Å². The summed E-state index contributed by atoms with van der Waals surface area (Å²) < 4.78 is 4.32. The number of unbranched alkanes of at least 4 members (excludes halogenated alkanes) is 2. The Labute approximate surface area is 109 Å². The number of hydrogen-bond acceptors (Lipinski definition) is 2. The smallest absolute Gasteiger partial charge is 0.256 e. The molecule has 0 unspecified atom stereocenters.